The van der Waals surface area contributed by atoms with Gasteiger partial charge in [-0.25, -0.2) is 15.0 Å². The number of ether oxygens (including phenoxy) is 1. The van der Waals surface area contributed by atoms with Crippen LogP contribution in [0.2, 0.25) is 0 Å². The molecule has 118 valence electrons. The van der Waals surface area contributed by atoms with Gasteiger partial charge in [-0.1, -0.05) is 0 Å². The summed E-state index contributed by atoms with van der Waals surface area (Å²) in [6, 6.07) is 0. The number of anilines is 1. The molecule has 0 bridgehead atoms. The zero-order chi connectivity index (χ0) is 15.8. The van der Waals surface area contributed by atoms with Gasteiger partial charge in [-0.05, 0) is 19.8 Å². The fourth-order valence-electron chi connectivity index (χ4n) is 3.09. The third-order valence-corrected chi connectivity index (χ3v) is 4.28. The SMILES string of the molecule is Cc1nc(-c2cnccn2)nc2c1CC(=O)N2C[C@H]1CCCO1. The van der Waals surface area contributed by atoms with Crippen LogP contribution in [-0.2, 0) is 16.0 Å². The summed E-state index contributed by atoms with van der Waals surface area (Å²) in [5.41, 5.74) is 2.33. The van der Waals surface area contributed by atoms with Gasteiger partial charge in [-0.3, -0.25) is 14.7 Å². The predicted octanol–water partition coefficient (Wildman–Crippen LogP) is 1.31. The maximum Gasteiger partial charge on any atom is 0.232 e. The van der Waals surface area contributed by atoms with Gasteiger partial charge in [0.2, 0.25) is 5.91 Å². The molecule has 1 fully saturated rings. The van der Waals surface area contributed by atoms with Crippen LogP contribution >= 0.6 is 0 Å². The van der Waals surface area contributed by atoms with Crippen LogP contribution in [0.4, 0.5) is 5.82 Å². The van der Waals surface area contributed by atoms with Gasteiger partial charge in [0.1, 0.15) is 11.5 Å². The number of carbonyl (C=O) groups excluding carboxylic acids is 1. The number of aromatic nitrogens is 4. The van der Waals surface area contributed by atoms with E-state index in [1.165, 1.54) is 0 Å². The maximum atomic E-state index is 12.4. The Morgan fingerprint density at radius 1 is 1.35 bits per heavy atom. The standard InChI is InChI=1S/C16H17N5O2/c1-10-12-7-14(22)21(9-11-3-2-6-23-11)16(12)20-15(19-10)13-8-17-4-5-18-13/h4-5,8,11H,2-3,6-7,9H2,1H3/t11-/m1/s1. The molecule has 1 amide bonds. The van der Waals surface area contributed by atoms with E-state index in [1.807, 2.05) is 6.92 Å². The van der Waals surface area contributed by atoms with Crippen LogP contribution in [-0.4, -0.2) is 45.1 Å². The van der Waals surface area contributed by atoms with Gasteiger partial charge in [-0.2, -0.15) is 0 Å². The number of amides is 1. The normalized spacial score (nSPS) is 20.1. The van der Waals surface area contributed by atoms with E-state index in [0.717, 1.165) is 30.7 Å². The monoisotopic (exact) mass is 311 g/mol. The molecule has 0 unspecified atom stereocenters. The van der Waals surface area contributed by atoms with Crippen LogP contribution in [0.3, 0.4) is 0 Å². The number of nitrogens with zero attached hydrogens (tertiary/aromatic N) is 5. The first-order valence-corrected chi connectivity index (χ1v) is 7.78. The molecule has 2 aliphatic rings. The van der Waals surface area contributed by atoms with E-state index in [2.05, 4.69) is 19.9 Å². The van der Waals surface area contributed by atoms with Gasteiger partial charge in [0.25, 0.3) is 0 Å². The number of aryl methyl sites for hydroxylation is 1. The molecule has 7 heteroatoms. The summed E-state index contributed by atoms with van der Waals surface area (Å²) >= 11 is 0. The molecule has 4 heterocycles. The highest BCUT2D eigenvalue weighted by atomic mass is 16.5. The number of rotatable bonds is 3. The molecule has 2 aliphatic heterocycles. The zero-order valence-electron chi connectivity index (χ0n) is 12.9. The van der Waals surface area contributed by atoms with Crippen molar-refractivity contribution >= 4 is 11.7 Å². The zero-order valence-corrected chi connectivity index (χ0v) is 12.9. The molecule has 0 N–H and O–H groups in total. The smallest absolute Gasteiger partial charge is 0.232 e. The average Bonchev–Trinajstić information content (AvgIpc) is 3.18. The van der Waals surface area contributed by atoms with Crippen molar-refractivity contribution in [3.8, 4) is 11.5 Å². The Hall–Kier alpha value is -2.41. The van der Waals surface area contributed by atoms with Gasteiger partial charge in [0, 0.05) is 30.3 Å². The summed E-state index contributed by atoms with van der Waals surface area (Å²) in [6.07, 6.45) is 7.33. The van der Waals surface area contributed by atoms with Crippen molar-refractivity contribution in [2.24, 2.45) is 0 Å². The van der Waals surface area contributed by atoms with Gasteiger partial charge in [0.15, 0.2) is 5.82 Å². The van der Waals surface area contributed by atoms with E-state index in [0.29, 0.717) is 30.3 Å². The van der Waals surface area contributed by atoms with Crippen molar-refractivity contribution in [2.75, 3.05) is 18.1 Å². The van der Waals surface area contributed by atoms with E-state index in [9.17, 15) is 4.79 Å². The lowest BCUT2D eigenvalue weighted by molar-refractivity contribution is -0.117. The Bertz CT molecular complexity index is 744. The minimum atomic E-state index is 0.0594. The summed E-state index contributed by atoms with van der Waals surface area (Å²) in [5, 5.41) is 0. The molecule has 7 nitrogen and oxygen atoms in total. The maximum absolute atomic E-state index is 12.4. The highest BCUT2D eigenvalue weighted by Crippen LogP contribution is 2.31. The molecule has 0 spiro atoms. The third kappa shape index (κ3) is 2.57. The highest BCUT2D eigenvalue weighted by Gasteiger charge is 2.34. The second-order valence-electron chi connectivity index (χ2n) is 5.84. The van der Waals surface area contributed by atoms with Crippen molar-refractivity contribution in [3.05, 3.63) is 29.8 Å². The lowest BCUT2D eigenvalue weighted by Crippen LogP contribution is -2.35. The minimum absolute atomic E-state index is 0.0594. The van der Waals surface area contributed by atoms with Crippen LogP contribution in [0.25, 0.3) is 11.5 Å². The molecule has 2 aromatic rings. The van der Waals surface area contributed by atoms with Gasteiger partial charge >= 0.3 is 0 Å². The molecule has 1 atom stereocenters. The Morgan fingerprint density at radius 3 is 3.00 bits per heavy atom. The Balaban J connectivity index is 1.72. The Morgan fingerprint density at radius 2 is 2.26 bits per heavy atom. The van der Waals surface area contributed by atoms with E-state index in [1.54, 1.807) is 23.5 Å². The first kappa shape index (κ1) is 14.2. The summed E-state index contributed by atoms with van der Waals surface area (Å²) in [4.78, 5) is 31.5. The molecular weight excluding hydrogens is 294 g/mol. The van der Waals surface area contributed by atoms with E-state index in [4.69, 9.17) is 4.74 Å². The van der Waals surface area contributed by atoms with Gasteiger partial charge in [0.05, 0.1) is 25.3 Å². The summed E-state index contributed by atoms with van der Waals surface area (Å²) in [6.45, 7) is 3.23. The van der Waals surface area contributed by atoms with Crippen LogP contribution in [0.5, 0.6) is 0 Å². The molecule has 23 heavy (non-hydrogen) atoms. The predicted molar refractivity (Wildman–Crippen MR) is 82.8 cm³/mol. The summed E-state index contributed by atoms with van der Waals surface area (Å²) < 4.78 is 5.66. The van der Waals surface area contributed by atoms with Crippen LogP contribution < -0.4 is 4.90 Å². The molecular formula is C16H17N5O2. The van der Waals surface area contributed by atoms with Crippen molar-refractivity contribution in [3.63, 3.8) is 0 Å². The first-order valence-electron chi connectivity index (χ1n) is 7.78. The van der Waals surface area contributed by atoms with Crippen LogP contribution in [0, 0.1) is 6.92 Å². The first-order chi connectivity index (χ1) is 11.2. The molecule has 1 saturated heterocycles. The number of hydrogen-bond donors (Lipinski definition) is 0. The fraction of sp³-hybridized carbons (Fsp3) is 0.438. The topological polar surface area (TPSA) is 81.1 Å². The fourth-order valence-corrected chi connectivity index (χ4v) is 3.09. The second kappa shape index (κ2) is 5.66. The molecule has 0 saturated carbocycles. The quantitative estimate of drug-likeness (QED) is 0.850. The minimum Gasteiger partial charge on any atom is -0.376 e. The van der Waals surface area contributed by atoms with Gasteiger partial charge in [-0.15, -0.1) is 0 Å². The molecule has 4 rings (SSSR count). The molecule has 0 radical (unpaired) electrons. The largest absolute Gasteiger partial charge is 0.376 e. The van der Waals surface area contributed by atoms with Gasteiger partial charge < -0.3 is 4.74 Å². The summed E-state index contributed by atoms with van der Waals surface area (Å²) in [5.74, 6) is 1.25. The van der Waals surface area contributed by atoms with E-state index in [-0.39, 0.29) is 12.0 Å². The van der Waals surface area contributed by atoms with Crippen molar-refractivity contribution in [1.29, 1.82) is 0 Å². The molecule has 0 aromatic carbocycles. The van der Waals surface area contributed by atoms with E-state index < -0.39 is 0 Å². The third-order valence-electron chi connectivity index (χ3n) is 4.28. The highest BCUT2D eigenvalue weighted by molar-refractivity contribution is 6.00. The Kier molecular flexibility index (Phi) is 3.49. The lowest BCUT2D eigenvalue weighted by Gasteiger charge is -2.20. The van der Waals surface area contributed by atoms with Crippen molar-refractivity contribution in [1.82, 2.24) is 19.9 Å². The molecule has 0 aliphatic carbocycles. The number of hydrogen-bond acceptors (Lipinski definition) is 6. The van der Waals surface area contributed by atoms with Crippen molar-refractivity contribution in [2.45, 2.75) is 32.3 Å². The number of carbonyl (C=O) groups is 1. The van der Waals surface area contributed by atoms with Crippen LogP contribution in [0.15, 0.2) is 18.6 Å². The Labute approximate surface area is 133 Å². The second-order valence-corrected chi connectivity index (χ2v) is 5.84. The summed E-state index contributed by atoms with van der Waals surface area (Å²) in [7, 11) is 0. The average molecular weight is 311 g/mol. The lowest BCUT2D eigenvalue weighted by atomic mass is 10.2. The number of fused-ring (bicyclic) bond motifs is 1. The van der Waals surface area contributed by atoms with Crippen LogP contribution in [0.1, 0.15) is 24.1 Å². The van der Waals surface area contributed by atoms with Crippen molar-refractivity contribution < 1.29 is 9.53 Å². The molecule has 2 aromatic heterocycles. The van der Waals surface area contributed by atoms with E-state index >= 15 is 0 Å².